The molecule has 0 aromatic heterocycles. The van der Waals surface area contributed by atoms with Crippen molar-refractivity contribution in [3.8, 4) is 11.5 Å². The molecular formula is C21H29IN4O3. The van der Waals surface area contributed by atoms with Crippen LogP contribution in [0.3, 0.4) is 0 Å². The van der Waals surface area contributed by atoms with Crippen LogP contribution in [0.4, 0.5) is 0 Å². The lowest BCUT2D eigenvalue weighted by Crippen LogP contribution is -2.45. The summed E-state index contributed by atoms with van der Waals surface area (Å²) in [5, 5.41) is 9.01. The highest BCUT2D eigenvalue weighted by Gasteiger charge is 2.10. The SMILES string of the molecule is CN=C(NCC(=O)NCc1ccccc1)NCC(C)Oc1ccccc1OC.I. The Balaban J connectivity index is 0.00000420. The van der Waals surface area contributed by atoms with Gasteiger partial charge in [-0.15, -0.1) is 24.0 Å². The van der Waals surface area contributed by atoms with Crippen molar-refractivity contribution in [3.63, 3.8) is 0 Å². The zero-order valence-corrected chi connectivity index (χ0v) is 19.3. The van der Waals surface area contributed by atoms with Crippen LogP contribution in [0.2, 0.25) is 0 Å². The summed E-state index contributed by atoms with van der Waals surface area (Å²) in [6.45, 7) is 3.09. The smallest absolute Gasteiger partial charge is 0.239 e. The minimum absolute atomic E-state index is 0. The van der Waals surface area contributed by atoms with Crippen LogP contribution in [-0.2, 0) is 11.3 Å². The van der Waals surface area contributed by atoms with E-state index >= 15 is 0 Å². The van der Waals surface area contributed by atoms with Gasteiger partial charge in [0.15, 0.2) is 17.5 Å². The van der Waals surface area contributed by atoms with Crippen molar-refractivity contribution in [2.24, 2.45) is 4.99 Å². The molecule has 8 heteroatoms. The van der Waals surface area contributed by atoms with E-state index < -0.39 is 0 Å². The molecular weight excluding hydrogens is 483 g/mol. The Morgan fingerprint density at radius 2 is 1.66 bits per heavy atom. The number of carbonyl (C=O) groups is 1. The minimum atomic E-state index is -0.123. The third-order valence-electron chi connectivity index (χ3n) is 3.93. The molecule has 2 rings (SSSR count). The van der Waals surface area contributed by atoms with Crippen molar-refractivity contribution in [2.45, 2.75) is 19.6 Å². The van der Waals surface area contributed by atoms with Crippen LogP contribution in [0.5, 0.6) is 11.5 Å². The third-order valence-corrected chi connectivity index (χ3v) is 3.93. The number of nitrogens with one attached hydrogen (secondary N) is 3. The molecule has 1 amide bonds. The number of rotatable bonds is 9. The second-order valence-electron chi connectivity index (χ2n) is 6.15. The molecule has 7 nitrogen and oxygen atoms in total. The van der Waals surface area contributed by atoms with Crippen molar-refractivity contribution in [1.29, 1.82) is 0 Å². The van der Waals surface area contributed by atoms with Gasteiger partial charge in [0, 0.05) is 13.6 Å². The van der Waals surface area contributed by atoms with E-state index in [9.17, 15) is 4.79 Å². The van der Waals surface area contributed by atoms with Crippen LogP contribution in [0.25, 0.3) is 0 Å². The molecule has 29 heavy (non-hydrogen) atoms. The summed E-state index contributed by atoms with van der Waals surface area (Å²) in [4.78, 5) is 16.1. The van der Waals surface area contributed by atoms with Gasteiger partial charge in [-0.2, -0.15) is 0 Å². The van der Waals surface area contributed by atoms with E-state index in [1.165, 1.54) is 0 Å². The molecule has 1 unspecified atom stereocenters. The van der Waals surface area contributed by atoms with E-state index in [2.05, 4.69) is 20.9 Å². The predicted octanol–water partition coefficient (Wildman–Crippen LogP) is 2.56. The topological polar surface area (TPSA) is 84.0 Å². The number of halogens is 1. The van der Waals surface area contributed by atoms with Gasteiger partial charge in [-0.1, -0.05) is 42.5 Å². The van der Waals surface area contributed by atoms with Crippen molar-refractivity contribution in [1.82, 2.24) is 16.0 Å². The maximum Gasteiger partial charge on any atom is 0.239 e. The maximum absolute atomic E-state index is 12.0. The highest BCUT2D eigenvalue weighted by Crippen LogP contribution is 2.26. The van der Waals surface area contributed by atoms with Gasteiger partial charge in [-0.25, -0.2) is 0 Å². The molecule has 2 aromatic carbocycles. The Hall–Kier alpha value is -2.49. The summed E-state index contributed by atoms with van der Waals surface area (Å²) in [5.41, 5.74) is 1.06. The standard InChI is InChI=1S/C21H28N4O3.HI/c1-16(28-19-12-8-7-11-18(19)27-3)13-24-21(22-2)25-15-20(26)23-14-17-9-5-4-6-10-17;/h4-12,16H,13-15H2,1-3H3,(H,23,26)(H2,22,24,25);1H. The molecule has 0 saturated carbocycles. The highest BCUT2D eigenvalue weighted by atomic mass is 127. The van der Waals surface area contributed by atoms with Crippen molar-refractivity contribution in [2.75, 3.05) is 27.2 Å². The zero-order chi connectivity index (χ0) is 20.2. The fourth-order valence-corrected chi connectivity index (χ4v) is 2.46. The van der Waals surface area contributed by atoms with E-state index in [1.54, 1.807) is 14.2 Å². The number of para-hydroxylation sites is 2. The first-order valence-electron chi connectivity index (χ1n) is 9.17. The van der Waals surface area contributed by atoms with Crippen molar-refractivity contribution >= 4 is 35.8 Å². The summed E-state index contributed by atoms with van der Waals surface area (Å²) in [5.74, 6) is 1.80. The number of carbonyl (C=O) groups excluding carboxylic acids is 1. The van der Waals surface area contributed by atoms with Crippen molar-refractivity contribution < 1.29 is 14.3 Å². The maximum atomic E-state index is 12.0. The number of nitrogens with zero attached hydrogens (tertiary/aromatic N) is 1. The van der Waals surface area contributed by atoms with Crippen LogP contribution in [-0.4, -0.2) is 45.2 Å². The molecule has 2 aromatic rings. The van der Waals surface area contributed by atoms with Crippen LogP contribution in [0, 0.1) is 0 Å². The van der Waals surface area contributed by atoms with E-state index in [-0.39, 0.29) is 42.5 Å². The molecule has 0 aliphatic carbocycles. The molecule has 158 valence electrons. The Bertz CT molecular complexity index is 772. The Morgan fingerprint density at radius 3 is 2.31 bits per heavy atom. The number of hydrogen-bond donors (Lipinski definition) is 3. The zero-order valence-electron chi connectivity index (χ0n) is 17.0. The first-order valence-corrected chi connectivity index (χ1v) is 9.17. The summed E-state index contributed by atoms with van der Waals surface area (Å²) >= 11 is 0. The summed E-state index contributed by atoms with van der Waals surface area (Å²) in [7, 11) is 3.27. The average Bonchev–Trinajstić information content (AvgIpc) is 2.73. The third kappa shape index (κ3) is 9.03. The molecule has 0 spiro atoms. The molecule has 1 atom stereocenters. The largest absolute Gasteiger partial charge is 0.493 e. The molecule has 0 fully saturated rings. The van der Waals surface area contributed by atoms with E-state index in [0.29, 0.717) is 30.5 Å². The van der Waals surface area contributed by atoms with Gasteiger partial charge in [0.2, 0.25) is 5.91 Å². The average molecular weight is 512 g/mol. The van der Waals surface area contributed by atoms with Gasteiger partial charge >= 0.3 is 0 Å². The second kappa shape index (κ2) is 13.6. The summed E-state index contributed by atoms with van der Waals surface area (Å²) < 4.78 is 11.2. The number of ether oxygens (including phenoxy) is 2. The van der Waals surface area contributed by atoms with Crippen LogP contribution >= 0.6 is 24.0 Å². The predicted molar refractivity (Wildman–Crippen MR) is 126 cm³/mol. The van der Waals surface area contributed by atoms with Gasteiger partial charge < -0.3 is 25.4 Å². The Kier molecular flexibility index (Phi) is 11.6. The lowest BCUT2D eigenvalue weighted by atomic mass is 10.2. The number of benzene rings is 2. The van der Waals surface area contributed by atoms with Crippen LogP contribution in [0.1, 0.15) is 12.5 Å². The summed E-state index contributed by atoms with van der Waals surface area (Å²) in [6, 6.07) is 17.3. The number of aliphatic imine (C=N–C) groups is 1. The Labute approximate surface area is 189 Å². The fourth-order valence-electron chi connectivity index (χ4n) is 2.46. The second-order valence-corrected chi connectivity index (χ2v) is 6.15. The van der Waals surface area contributed by atoms with Gasteiger partial charge in [-0.3, -0.25) is 9.79 Å². The molecule has 0 heterocycles. The first-order chi connectivity index (χ1) is 13.6. The van der Waals surface area contributed by atoms with E-state index in [0.717, 1.165) is 5.56 Å². The molecule has 3 N–H and O–H groups in total. The number of amides is 1. The number of hydrogen-bond acceptors (Lipinski definition) is 4. The normalized spacial score (nSPS) is 11.6. The van der Waals surface area contributed by atoms with E-state index in [1.807, 2.05) is 61.5 Å². The van der Waals surface area contributed by atoms with Gasteiger partial charge in [0.05, 0.1) is 20.2 Å². The Morgan fingerprint density at radius 1 is 1.00 bits per heavy atom. The number of guanidine groups is 1. The quantitative estimate of drug-likeness (QED) is 0.273. The van der Waals surface area contributed by atoms with Crippen LogP contribution in [0.15, 0.2) is 59.6 Å². The minimum Gasteiger partial charge on any atom is -0.493 e. The van der Waals surface area contributed by atoms with E-state index in [4.69, 9.17) is 9.47 Å². The van der Waals surface area contributed by atoms with Crippen LogP contribution < -0.4 is 25.4 Å². The summed E-state index contributed by atoms with van der Waals surface area (Å²) in [6.07, 6.45) is -0.123. The molecule has 0 aliphatic heterocycles. The monoisotopic (exact) mass is 512 g/mol. The molecule has 0 saturated heterocycles. The molecule has 0 bridgehead atoms. The lowest BCUT2D eigenvalue weighted by molar-refractivity contribution is -0.120. The van der Waals surface area contributed by atoms with Gasteiger partial charge in [-0.05, 0) is 24.6 Å². The molecule has 0 radical (unpaired) electrons. The lowest BCUT2D eigenvalue weighted by Gasteiger charge is -2.19. The highest BCUT2D eigenvalue weighted by molar-refractivity contribution is 14.0. The number of methoxy groups -OCH3 is 1. The van der Waals surface area contributed by atoms with Crippen molar-refractivity contribution in [3.05, 3.63) is 60.2 Å². The fraction of sp³-hybridized carbons (Fsp3) is 0.333. The van der Waals surface area contributed by atoms with Gasteiger partial charge in [0.1, 0.15) is 6.10 Å². The molecule has 0 aliphatic rings. The van der Waals surface area contributed by atoms with Gasteiger partial charge in [0.25, 0.3) is 0 Å². The first kappa shape index (κ1) is 24.5.